The highest BCUT2D eigenvalue weighted by Crippen LogP contribution is 2.28. The number of carbonyl (C=O) groups is 1. The van der Waals surface area contributed by atoms with Crippen LogP contribution < -0.4 is 5.32 Å². The maximum Gasteiger partial charge on any atom is 0.335 e. The third kappa shape index (κ3) is 3.35. The van der Waals surface area contributed by atoms with Gasteiger partial charge >= 0.3 is 5.97 Å². The molecule has 1 heterocycles. The van der Waals surface area contributed by atoms with Gasteiger partial charge in [0.2, 0.25) is 0 Å². The van der Waals surface area contributed by atoms with Gasteiger partial charge in [-0.2, -0.15) is 0 Å². The molecular weight excluding hydrogens is 364 g/mol. The lowest BCUT2D eigenvalue weighted by atomic mass is 10.2. The summed E-state index contributed by atoms with van der Waals surface area (Å²) in [5.41, 5.74) is 2.87. The molecule has 1 aromatic heterocycles. The molecule has 6 heteroatoms. The van der Waals surface area contributed by atoms with E-state index in [1.165, 1.54) is 11.3 Å². The Morgan fingerprint density at radius 1 is 1.18 bits per heavy atom. The van der Waals surface area contributed by atoms with Gasteiger partial charge in [-0.25, -0.2) is 9.78 Å². The summed E-state index contributed by atoms with van der Waals surface area (Å²) in [6.45, 7) is 0. The number of aromatic carboxylic acids is 1. The van der Waals surface area contributed by atoms with E-state index < -0.39 is 5.97 Å². The molecule has 0 saturated carbocycles. The third-order valence-corrected chi connectivity index (χ3v) is 4.29. The Balaban J connectivity index is 1.81. The van der Waals surface area contributed by atoms with Crippen LogP contribution in [-0.4, -0.2) is 16.1 Å². The number of hydrogen-bond donors (Lipinski definition) is 2. The molecule has 110 valence electrons. The lowest BCUT2D eigenvalue weighted by molar-refractivity contribution is 0.0697. The first kappa shape index (κ1) is 14.7. The van der Waals surface area contributed by atoms with E-state index in [-0.39, 0.29) is 5.56 Å². The second-order valence-corrected chi connectivity index (χ2v) is 6.33. The largest absolute Gasteiger partial charge is 0.478 e. The van der Waals surface area contributed by atoms with E-state index in [0.29, 0.717) is 5.69 Å². The van der Waals surface area contributed by atoms with Crippen molar-refractivity contribution in [2.24, 2.45) is 0 Å². The van der Waals surface area contributed by atoms with E-state index in [2.05, 4.69) is 26.2 Å². The maximum absolute atomic E-state index is 11.0. The Labute approximate surface area is 139 Å². The fourth-order valence-electron chi connectivity index (χ4n) is 1.94. The first-order valence-electron chi connectivity index (χ1n) is 6.44. The molecule has 0 aliphatic heterocycles. The minimum absolute atomic E-state index is 0.245. The van der Waals surface area contributed by atoms with Gasteiger partial charge < -0.3 is 10.4 Å². The molecule has 0 spiro atoms. The van der Waals surface area contributed by atoms with Gasteiger partial charge in [-0.1, -0.05) is 34.1 Å². The number of halogens is 1. The highest BCUT2D eigenvalue weighted by Gasteiger charge is 2.07. The summed E-state index contributed by atoms with van der Waals surface area (Å²) >= 11 is 4.88. The number of hydrogen-bond acceptors (Lipinski definition) is 4. The molecule has 0 aliphatic rings. The molecule has 0 aliphatic carbocycles. The fraction of sp³-hybridized carbons (Fsp3) is 0. The van der Waals surface area contributed by atoms with Gasteiger partial charge in [-0.3, -0.25) is 0 Å². The van der Waals surface area contributed by atoms with Crippen LogP contribution in [0, 0.1) is 0 Å². The summed E-state index contributed by atoms with van der Waals surface area (Å²) in [5.74, 6) is -0.946. The number of benzene rings is 2. The number of thiazole rings is 1. The number of nitrogens with one attached hydrogen (secondary N) is 1. The SMILES string of the molecule is O=C(O)c1cccc(Nc2nc(-c3ccc(Br)cc3)cs2)c1. The van der Waals surface area contributed by atoms with E-state index in [0.717, 1.165) is 20.9 Å². The van der Waals surface area contributed by atoms with Crippen molar-refractivity contribution in [2.45, 2.75) is 0 Å². The first-order valence-corrected chi connectivity index (χ1v) is 8.11. The zero-order chi connectivity index (χ0) is 15.5. The molecule has 4 nitrogen and oxygen atoms in total. The van der Waals surface area contributed by atoms with Crippen molar-refractivity contribution in [2.75, 3.05) is 5.32 Å². The van der Waals surface area contributed by atoms with Gasteiger partial charge in [0.25, 0.3) is 0 Å². The van der Waals surface area contributed by atoms with E-state index in [9.17, 15) is 4.79 Å². The Bertz CT molecular complexity index is 815. The van der Waals surface area contributed by atoms with Crippen molar-refractivity contribution in [3.63, 3.8) is 0 Å². The Hall–Kier alpha value is -2.18. The quantitative estimate of drug-likeness (QED) is 0.673. The third-order valence-electron chi connectivity index (χ3n) is 3.00. The Kier molecular flexibility index (Phi) is 4.22. The van der Waals surface area contributed by atoms with E-state index >= 15 is 0 Å². The van der Waals surface area contributed by atoms with E-state index in [1.807, 2.05) is 35.7 Å². The summed E-state index contributed by atoms with van der Waals surface area (Å²) in [6.07, 6.45) is 0. The van der Waals surface area contributed by atoms with Crippen LogP contribution in [0.25, 0.3) is 11.3 Å². The summed E-state index contributed by atoms with van der Waals surface area (Å²) in [6, 6.07) is 14.6. The van der Waals surface area contributed by atoms with Crippen LogP contribution in [0.15, 0.2) is 58.4 Å². The Morgan fingerprint density at radius 3 is 2.68 bits per heavy atom. The number of aromatic nitrogens is 1. The van der Waals surface area contributed by atoms with E-state index in [1.54, 1.807) is 18.2 Å². The molecule has 0 atom stereocenters. The molecule has 0 saturated heterocycles. The zero-order valence-electron chi connectivity index (χ0n) is 11.3. The minimum atomic E-state index is -0.946. The normalized spacial score (nSPS) is 10.4. The number of nitrogens with zero attached hydrogens (tertiary/aromatic N) is 1. The van der Waals surface area contributed by atoms with Crippen molar-refractivity contribution in [1.29, 1.82) is 0 Å². The van der Waals surface area contributed by atoms with Gasteiger partial charge in [0.05, 0.1) is 11.3 Å². The number of anilines is 2. The topological polar surface area (TPSA) is 62.2 Å². The van der Waals surface area contributed by atoms with Gasteiger partial charge in [0, 0.05) is 21.1 Å². The van der Waals surface area contributed by atoms with Crippen LogP contribution in [0.1, 0.15) is 10.4 Å². The molecule has 22 heavy (non-hydrogen) atoms. The molecule has 2 aromatic carbocycles. The van der Waals surface area contributed by atoms with Gasteiger partial charge in [0.1, 0.15) is 0 Å². The molecule has 0 bridgehead atoms. The highest BCUT2D eigenvalue weighted by atomic mass is 79.9. The van der Waals surface area contributed by atoms with Crippen LogP contribution in [0.2, 0.25) is 0 Å². The average Bonchev–Trinajstić information content (AvgIpc) is 2.96. The zero-order valence-corrected chi connectivity index (χ0v) is 13.7. The fourth-order valence-corrected chi connectivity index (χ4v) is 2.94. The first-order chi connectivity index (χ1) is 10.6. The molecule has 2 N–H and O–H groups in total. The molecule has 0 radical (unpaired) electrons. The molecule has 0 fully saturated rings. The van der Waals surface area contributed by atoms with Crippen LogP contribution in [0.3, 0.4) is 0 Å². The summed E-state index contributed by atoms with van der Waals surface area (Å²) in [4.78, 5) is 15.5. The predicted octanol–water partition coefficient (Wildman–Crippen LogP) is 5.01. The minimum Gasteiger partial charge on any atom is -0.478 e. The van der Waals surface area contributed by atoms with E-state index in [4.69, 9.17) is 5.11 Å². The average molecular weight is 375 g/mol. The number of rotatable bonds is 4. The summed E-state index contributed by atoms with van der Waals surface area (Å²) in [5, 5.41) is 14.8. The highest BCUT2D eigenvalue weighted by molar-refractivity contribution is 9.10. The molecule has 3 aromatic rings. The van der Waals surface area contributed by atoms with Crippen molar-refractivity contribution in [3.8, 4) is 11.3 Å². The second-order valence-electron chi connectivity index (χ2n) is 4.56. The summed E-state index contributed by atoms with van der Waals surface area (Å²) < 4.78 is 1.02. The van der Waals surface area contributed by atoms with Gasteiger partial charge in [-0.15, -0.1) is 11.3 Å². The molecule has 3 rings (SSSR count). The van der Waals surface area contributed by atoms with Crippen LogP contribution in [0.5, 0.6) is 0 Å². The van der Waals surface area contributed by atoms with Gasteiger partial charge in [-0.05, 0) is 30.3 Å². The monoisotopic (exact) mass is 374 g/mol. The predicted molar refractivity (Wildman–Crippen MR) is 91.9 cm³/mol. The second kappa shape index (κ2) is 6.29. The van der Waals surface area contributed by atoms with Crippen molar-refractivity contribution >= 4 is 44.1 Å². The van der Waals surface area contributed by atoms with Crippen LogP contribution >= 0.6 is 27.3 Å². The van der Waals surface area contributed by atoms with Crippen molar-refractivity contribution in [1.82, 2.24) is 4.98 Å². The summed E-state index contributed by atoms with van der Waals surface area (Å²) in [7, 11) is 0. The van der Waals surface area contributed by atoms with Gasteiger partial charge in [0.15, 0.2) is 5.13 Å². The lowest BCUT2D eigenvalue weighted by Crippen LogP contribution is -1.97. The smallest absolute Gasteiger partial charge is 0.335 e. The standard InChI is InChI=1S/C16H11BrN2O2S/c17-12-6-4-10(5-7-12)14-9-22-16(19-14)18-13-3-1-2-11(8-13)15(20)21/h1-9H,(H,18,19)(H,20,21). The Morgan fingerprint density at radius 2 is 1.95 bits per heavy atom. The lowest BCUT2D eigenvalue weighted by Gasteiger charge is -2.03. The molecule has 0 unspecified atom stereocenters. The molecular formula is C16H11BrN2O2S. The van der Waals surface area contributed by atoms with Crippen molar-refractivity contribution < 1.29 is 9.90 Å². The number of carboxylic acid groups (broad SMARTS) is 1. The van der Waals surface area contributed by atoms with Crippen molar-refractivity contribution in [3.05, 3.63) is 63.9 Å². The maximum atomic E-state index is 11.0. The van der Waals surface area contributed by atoms with Crippen LogP contribution in [-0.2, 0) is 0 Å². The number of carboxylic acids is 1. The van der Waals surface area contributed by atoms with Crippen LogP contribution in [0.4, 0.5) is 10.8 Å². The molecule has 0 amide bonds.